The predicted octanol–water partition coefficient (Wildman–Crippen LogP) is 5.94. The number of carbonyl (C=O) groups is 1. The molecule has 0 amide bonds. The highest BCUT2D eigenvalue weighted by atomic mass is 16.1. The summed E-state index contributed by atoms with van der Waals surface area (Å²) >= 11 is 0. The number of ketones is 1. The third-order valence-electron chi connectivity index (χ3n) is 4.77. The van der Waals surface area contributed by atoms with Crippen molar-refractivity contribution in [2.24, 2.45) is 4.99 Å². The minimum atomic E-state index is -0.0124. The monoisotopic (exact) mass is 345 g/mol. The largest absolute Gasteiger partial charge is 0.287 e. The highest BCUT2D eigenvalue weighted by Gasteiger charge is 2.22. The maximum absolute atomic E-state index is 12.8. The molecule has 0 fully saturated rings. The van der Waals surface area contributed by atoms with Gasteiger partial charge in [0.25, 0.3) is 0 Å². The molecule has 1 heterocycles. The molecule has 2 aromatic carbocycles. The molecule has 0 spiro atoms. The van der Waals surface area contributed by atoms with Crippen LogP contribution in [0.3, 0.4) is 0 Å². The number of hydrogen-bond acceptors (Lipinski definition) is 2. The van der Waals surface area contributed by atoms with Crippen LogP contribution in [0, 0.1) is 0 Å². The van der Waals surface area contributed by atoms with Crippen molar-refractivity contribution in [3.8, 4) is 0 Å². The fraction of sp³-hybridized carbons (Fsp3) is 0.333. The molecule has 0 saturated heterocycles. The second-order valence-corrected chi connectivity index (χ2v) is 9.05. The van der Waals surface area contributed by atoms with Crippen molar-refractivity contribution < 1.29 is 4.79 Å². The van der Waals surface area contributed by atoms with Crippen molar-refractivity contribution in [1.82, 2.24) is 0 Å². The fourth-order valence-electron chi connectivity index (χ4n) is 3.01. The van der Waals surface area contributed by atoms with Crippen LogP contribution in [-0.2, 0) is 10.8 Å². The summed E-state index contributed by atoms with van der Waals surface area (Å²) in [6, 6.07) is 14.2. The number of Topliss-reactive ketones (excluding diaryl/α,β-unsaturated/α-hetero) is 1. The van der Waals surface area contributed by atoms with Crippen molar-refractivity contribution >= 4 is 18.1 Å². The average Bonchev–Trinajstić information content (AvgIpc) is 2.56. The second-order valence-electron chi connectivity index (χ2n) is 9.05. The van der Waals surface area contributed by atoms with E-state index < -0.39 is 0 Å². The number of rotatable bonds is 1. The molecule has 0 bridgehead atoms. The molecule has 3 rings (SSSR count). The zero-order chi connectivity index (χ0) is 19.1. The van der Waals surface area contributed by atoms with Gasteiger partial charge in [0.2, 0.25) is 5.78 Å². The molecule has 2 nitrogen and oxygen atoms in total. The summed E-state index contributed by atoms with van der Waals surface area (Å²) in [5.74, 6) is -0.0124. The average molecular weight is 345 g/mol. The molecule has 1 aliphatic heterocycles. The molecule has 0 N–H and O–H groups in total. The number of benzene rings is 2. The first kappa shape index (κ1) is 18.3. The third kappa shape index (κ3) is 3.70. The van der Waals surface area contributed by atoms with Crippen LogP contribution in [0.5, 0.6) is 0 Å². The van der Waals surface area contributed by atoms with Crippen molar-refractivity contribution in [2.45, 2.75) is 52.4 Å². The number of aliphatic imine (C=N–C) groups is 1. The summed E-state index contributed by atoms with van der Waals surface area (Å²) in [5.41, 5.74) is 5.75. The Hall–Kier alpha value is -2.48. The smallest absolute Gasteiger partial charge is 0.212 e. The third-order valence-corrected chi connectivity index (χ3v) is 4.77. The molecule has 2 heteroatoms. The first-order valence-corrected chi connectivity index (χ1v) is 9.11. The van der Waals surface area contributed by atoms with Crippen LogP contribution in [0.15, 0.2) is 53.2 Å². The molecule has 1 aliphatic rings. The number of allylic oxidation sites excluding steroid dienone is 1. The van der Waals surface area contributed by atoms with Crippen LogP contribution >= 0.6 is 0 Å². The molecule has 2 aromatic rings. The van der Waals surface area contributed by atoms with E-state index in [0.29, 0.717) is 5.70 Å². The Morgan fingerprint density at radius 3 is 2.00 bits per heavy atom. The lowest BCUT2D eigenvalue weighted by atomic mass is 9.79. The molecule has 0 unspecified atom stereocenters. The van der Waals surface area contributed by atoms with Crippen molar-refractivity contribution in [2.75, 3.05) is 0 Å². The Morgan fingerprint density at radius 1 is 0.846 bits per heavy atom. The Morgan fingerprint density at radius 2 is 1.42 bits per heavy atom. The fourth-order valence-corrected chi connectivity index (χ4v) is 3.01. The van der Waals surface area contributed by atoms with E-state index in [0.717, 1.165) is 16.7 Å². The Balaban J connectivity index is 2.10. The predicted molar refractivity (Wildman–Crippen MR) is 110 cm³/mol. The van der Waals surface area contributed by atoms with E-state index >= 15 is 0 Å². The van der Waals surface area contributed by atoms with Crippen molar-refractivity contribution in [3.05, 3.63) is 76.0 Å². The Bertz CT molecular complexity index is 886. The maximum Gasteiger partial charge on any atom is 0.212 e. The summed E-state index contributed by atoms with van der Waals surface area (Å²) in [7, 11) is 0. The molecule has 26 heavy (non-hydrogen) atoms. The molecule has 0 radical (unpaired) electrons. The van der Waals surface area contributed by atoms with Crippen LogP contribution < -0.4 is 0 Å². The molecule has 0 aliphatic carbocycles. The van der Waals surface area contributed by atoms with E-state index in [1.807, 2.05) is 30.3 Å². The van der Waals surface area contributed by atoms with E-state index in [-0.39, 0.29) is 16.6 Å². The van der Waals surface area contributed by atoms with Gasteiger partial charge in [-0.2, -0.15) is 0 Å². The zero-order valence-electron chi connectivity index (χ0n) is 16.6. The minimum absolute atomic E-state index is 0.0124. The van der Waals surface area contributed by atoms with Gasteiger partial charge in [-0.25, -0.2) is 0 Å². The summed E-state index contributed by atoms with van der Waals surface area (Å²) < 4.78 is 0. The van der Waals surface area contributed by atoms with Gasteiger partial charge >= 0.3 is 0 Å². The number of nitrogens with zero attached hydrogens (tertiary/aromatic N) is 1. The Kier molecular flexibility index (Phi) is 4.47. The van der Waals surface area contributed by atoms with Gasteiger partial charge in [-0.15, -0.1) is 0 Å². The summed E-state index contributed by atoms with van der Waals surface area (Å²) in [5, 5.41) is 0. The van der Waals surface area contributed by atoms with Gasteiger partial charge in [0.15, 0.2) is 0 Å². The van der Waals surface area contributed by atoms with Gasteiger partial charge in [0.05, 0.1) is 0 Å². The van der Waals surface area contributed by atoms with Crippen molar-refractivity contribution in [3.63, 3.8) is 0 Å². The first-order chi connectivity index (χ1) is 12.1. The summed E-state index contributed by atoms with van der Waals surface area (Å²) in [6.45, 7) is 13.3. The quantitative estimate of drug-likeness (QED) is 0.588. The van der Waals surface area contributed by atoms with Gasteiger partial charge < -0.3 is 0 Å². The maximum atomic E-state index is 12.8. The highest BCUT2D eigenvalue weighted by molar-refractivity contribution is 6.18. The van der Waals surface area contributed by atoms with Crippen molar-refractivity contribution in [1.29, 1.82) is 0 Å². The topological polar surface area (TPSA) is 29.4 Å². The molecule has 0 saturated carbocycles. The first-order valence-electron chi connectivity index (χ1n) is 9.11. The molecule has 134 valence electrons. The highest BCUT2D eigenvalue weighted by Crippen LogP contribution is 2.31. The Labute approximate surface area is 156 Å². The number of hydrogen-bond donors (Lipinski definition) is 0. The normalized spacial score (nSPS) is 16.1. The minimum Gasteiger partial charge on any atom is -0.287 e. The van der Waals surface area contributed by atoms with Crippen LogP contribution in [0.2, 0.25) is 0 Å². The standard InChI is InChI=1S/C24H27NO/c1-23(2,3)18-11-16(12-19(14-18)24(4,5)6)13-21-22(26)20-10-8-7-9-17(20)15-25-21/h7-15H,1-6H3/b21-13+. The van der Waals surface area contributed by atoms with Crippen LogP contribution in [0.1, 0.15) is 74.2 Å². The zero-order valence-corrected chi connectivity index (χ0v) is 16.6. The van der Waals surface area contributed by atoms with Crippen LogP contribution in [0.4, 0.5) is 0 Å². The molecule has 0 aromatic heterocycles. The number of fused-ring (bicyclic) bond motifs is 1. The van der Waals surface area contributed by atoms with Crippen LogP contribution in [0.25, 0.3) is 6.08 Å². The van der Waals surface area contributed by atoms with E-state index in [4.69, 9.17) is 0 Å². The van der Waals surface area contributed by atoms with E-state index in [9.17, 15) is 4.79 Å². The van der Waals surface area contributed by atoms with Crippen LogP contribution in [-0.4, -0.2) is 12.0 Å². The lowest BCUT2D eigenvalue weighted by Crippen LogP contribution is -2.17. The molecule has 0 atom stereocenters. The summed E-state index contributed by atoms with van der Waals surface area (Å²) in [4.78, 5) is 17.2. The molecular formula is C24H27NO. The lowest BCUT2D eigenvalue weighted by molar-refractivity contribution is 0.103. The lowest BCUT2D eigenvalue weighted by Gasteiger charge is -2.26. The SMILES string of the molecule is CC(C)(C)c1cc(/C=C2/N=Cc3ccccc3C2=O)cc(C(C)(C)C)c1. The van der Waals surface area contributed by atoms with E-state index in [1.165, 1.54) is 11.1 Å². The van der Waals surface area contributed by atoms with Gasteiger partial charge in [-0.05, 0) is 33.6 Å². The molecular weight excluding hydrogens is 318 g/mol. The van der Waals surface area contributed by atoms with E-state index in [2.05, 4.69) is 64.7 Å². The van der Waals surface area contributed by atoms with E-state index in [1.54, 1.807) is 6.21 Å². The van der Waals surface area contributed by atoms with Gasteiger partial charge in [0, 0.05) is 17.3 Å². The van der Waals surface area contributed by atoms with Gasteiger partial charge in [-0.3, -0.25) is 9.79 Å². The summed E-state index contributed by atoms with van der Waals surface area (Å²) in [6.07, 6.45) is 3.69. The number of carbonyl (C=O) groups excluding carboxylic acids is 1. The van der Waals surface area contributed by atoms with Gasteiger partial charge in [-0.1, -0.05) is 84.0 Å². The van der Waals surface area contributed by atoms with Gasteiger partial charge in [0.1, 0.15) is 5.70 Å². The second kappa shape index (κ2) is 6.35.